The number of carbonyl (C=O) groups is 1. The van der Waals surface area contributed by atoms with Crippen LogP contribution in [-0.4, -0.2) is 34.0 Å². The van der Waals surface area contributed by atoms with Crippen molar-refractivity contribution in [3.05, 3.63) is 59.0 Å². The molecule has 7 nitrogen and oxygen atoms in total. The molecule has 134 valence electrons. The molecule has 0 saturated carbocycles. The molecule has 0 bridgehead atoms. The van der Waals surface area contributed by atoms with Gasteiger partial charge in [0.2, 0.25) is 5.91 Å². The maximum Gasteiger partial charge on any atom is 0.341 e. The molecule has 2 aromatic carbocycles. The minimum atomic E-state index is -0.391. The van der Waals surface area contributed by atoms with E-state index in [4.69, 9.17) is 4.74 Å². The van der Waals surface area contributed by atoms with Gasteiger partial charge in [-0.25, -0.2) is 9.89 Å². The summed E-state index contributed by atoms with van der Waals surface area (Å²) in [5.41, 5.74) is 0.322. The van der Waals surface area contributed by atoms with E-state index < -0.39 is 5.69 Å². The number of anilines is 1. The summed E-state index contributed by atoms with van der Waals surface area (Å²) >= 11 is 2.78. The second-order valence-electron chi connectivity index (χ2n) is 5.12. The number of nitrogens with zero attached hydrogens (tertiary/aromatic N) is 1. The summed E-state index contributed by atoms with van der Waals surface area (Å²) in [5, 5.41) is 9.18. The summed E-state index contributed by atoms with van der Waals surface area (Å²) in [6.45, 7) is 0. The predicted octanol–water partition coefficient (Wildman–Crippen LogP) is 2.99. The number of carbonyl (C=O) groups excluding carboxylic acids is 1. The predicted molar refractivity (Wildman–Crippen MR) is 102 cm³/mol. The first-order chi connectivity index (χ1) is 12.6. The Balaban J connectivity index is 1.51. The SMILES string of the molecule is COc1ccc(Sc2ccc(NC(=O)CSc3n[nH]c(=O)[nH]3)cc2)cc1. The molecule has 0 fully saturated rings. The van der Waals surface area contributed by atoms with Crippen LogP contribution in [0.2, 0.25) is 0 Å². The van der Waals surface area contributed by atoms with Crippen molar-refractivity contribution in [3.63, 3.8) is 0 Å². The van der Waals surface area contributed by atoms with E-state index in [-0.39, 0.29) is 11.7 Å². The first kappa shape index (κ1) is 18.2. The molecule has 26 heavy (non-hydrogen) atoms. The van der Waals surface area contributed by atoms with E-state index in [0.29, 0.717) is 10.8 Å². The van der Waals surface area contributed by atoms with E-state index in [1.54, 1.807) is 18.9 Å². The van der Waals surface area contributed by atoms with Crippen molar-refractivity contribution in [1.82, 2.24) is 15.2 Å². The Morgan fingerprint density at radius 1 is 1.12 bits per heavy atom. The molecule has 0 saturated heterocycles. The van der Waals surface area contributed by atoms with Gasteiger partial charge in [-0.2, -0.15) is 0 Å². The molecule has 0 atom stereocenters. The van der Waals surface area contributed by atoms with E-state index in [0.717, 1.165) is 27.3 Å². The molecule has 0 spiro atoms. The molecule has 0 aliphatic heterocycles. The van der Waals surface area contributed by atoms with Crippen LogP contribution in [0.1, 0.15) is 0 Å². The summed E-state index contributed by atoms with van der Waals surface area (Å²) < 4.78 is 5.15. The molecular formula is C17H16N4O3S2. The molecule has 0 unspecified atom stereocenters. The number of benzene rings is 2. The Labute approximate surface area is 157 Å². The summed E-state index contributed by atoms with van der Waals surface area (Å²) in [7, 11) is 1.64. The Hall–Kier alpha value is -2.65. The summed E-state index contributed by atoms with van der Waals surface area (Å²) in [5.74, 6) is 0.807. The van der Waals surface area contributed by atoms with Crippen molar-refractivity contribution in [2.75, 3.05) is 18.2 Å². The highest BCUT2D eigenvalue weighted by Gasteiger charge is 2.06. The van der Waals surface area contributed by atoms with Crippen LogP contribution in [0.3, 0.4) is 0 Å². The first-order valence-electron chi connectivity index (χ1n) is 7.62. The van der Waals surface area contributed by atoms with Gasteiger partial charge < -0.3 is 10.1 Å². The molecule has 1 heterocycles. The number of aromatic amines is 2. The molecule has 1 amide bonds. The highest BCUT2D eigenvalue weighted by molar-refractivity contribution is 7.99. The lowest BCUT2D eigenvalue weighted by Gasteiger charge is -2.06. The van der Waals surface area contributed by atoms with Crippen LogP contribution in [0.4, 0.5) is 5.69 Å². The van der Waals surface area contributed by atoms with Crippen molar-refractivity contribution in [3.8, 4) is 5.75 Å². The van der Waals surface area contributed by atoms with Gasteiger partial charge in [-0.1, -0.05) is 23.5 Å². The van der Waals surface area contributed by atoms with Crippen molar-refractivity contribution >= 4 is 35.1 Å². The maximum atomic E-state index is 11.9. The van der Waals surface area contributed by atoms with Crippen LogP contribution in [0, 0.1) is 0 Å². The van der Waals surface area contributed by atoms with Crippen molar-refractivity contribution in [2.24, 2.45) is 0 Å². The quantitative estimate of drug-likeness (QED) is 0.538. The fraction of sp³-hybridized carbons (Fsp3) is 0.118. The highest BCUT2D eigenvalue weighted by atomic mass is 32.2. The van der Waals surface area contributed by atoms with E-state index in [9.17, 15) is 9.59 Å². The molecule has 0 aliphatic carbocycles. The van der Waals surface area contributed by atoms with Gasteiger partial charge in [-0.15, -0.1) is 5.10 Å². The van der Waals surface area contributed by atoms with Gasteiger partial charge >= 0.3 is 5.69 Å². The molecule has 9 heteroatoms. The third kappa shape index (κ3) is 5.17. The number of amides is 1. The average Bonchev–Trinajstić information content (AvgIpc) is 3.08. The van der Waals surface area contributed by atoms with Crippen LogP contribution in [0.15, 0.2) is 68.3 Å². The third-order valence-electron chi connectivity index (χ3n) is 3.25. The normalized spacial score (nSPS) is 10.5. The highest BCUT2D eigenvalue weighted by Crippen LogP contribution is 2.29. The van der Waals surface area contributed by atoms with Gasteiger partial charge in [0.25, 0.3) is 0 Å². The Morgan fingerprint density at radius 2 is 1.77 bits per heavy atom. The van der Waals surface area contributed by atoms with E-state index in [1.165, 1.54) is 0 Å². The van der Waals surface area contributed by atoms with Gasteiger partial charge in [-0.05, 0) is 48.5 Å². The molecule has 1 aromatic heterocycles. The summed E-state index contributed by atoms with van der Waals surface area (Å²) in [6, 6.07) is 15.4. The summed E-state index contributed by atoms with van der Waals surface area (Å²) in [4.78, 5) is 27.5. The van der Waals surface area contributed by atoms with Crippen molar-refractivity contribution in [2.45, 2.75) is 14.9 Å². The number of methoxy groups -OCH3 is 1. The van der Waals surface area contributed by atoms with Crippen LogP contribution in [0.25, 0.3) is 0 Å². The van der Waals surface area contributed by atoms with Crippen LogP contribution >= 0.6 is 23.5 Å². The number of aromatic nitrogens is 3. The zero-order chi connectivity index (χ0) is 18.4. The standard InChI is InChI=1S/C17H16N4O3S2/c1-24-12-4-8-14(9-5-12)26-13-6-2-11(3-7-13)18-15(22)10-25-17-19-16(23)20-21-17/h2-9H,10H2,1H3,(H,18,22)(H2,19,20,21,23). The number of H-pyrrole nitrogens is 2. The molecule has 3 rings (SSSR count). The lowest BCUT2D eigenvalue weighted by Crippen LogP contribution is -2.14. The Morgan fingerprint density at radius 3 is 2.35 bits per heavy atom. The van der Waals surface area contributed by atoms with Crippen LogP contribution in [0.5, 0.6) is 5.75 Å². The fourth-order valence-corrected chi connectivity index (χ4v) is 3.47. The number of thioether (sulfide) groups is 1. The van der Waals surface area contributed by atoms with E-state index in [1.807, 2.05) is 48.5 Å². The van der Waals surface area contributed by atoms with Gasteiger partial charge in [0.1, 0.15) is 5.75 Å². The topological polar surface area (TPSA) is 99.9 Å². The number of ether oxygens (including phenoxy) is 1. The van der Waals surface area contributed by atoms with Gasteiger partial charge in [0.05, 0.1) is 12.9 Å². The largest absolute Gasteiger partial charge is 0.497 e. The first-order valence-corrected chi connectivity index (χ1v) is 9.42. The van der Waals surface area contributed by atoms with Crippen LogP contribution in [-0.2, 0) is 4.79 Å². The number of hydrogen-bond donors (Lipinski definition) is 3. The third-order valence-corrected chi connectivity index (χ3v) is 5.14. The van der Waals surface area contributed by atoms with Gasteiger partial charge in [0, 0.05) is 15.5 Å². The Bertz CT molecular complexity index is 920. The van der Waals surface area contributed by atoms with E-state index >= 15 is 0 Å². The Kier molecular flexibility index (Phi) is 6.03. The lowest BCUT2D eigenvalue weighted by molar-refractivity contribution is -0.113. The number of rotatable bonds is 7. The average molecular weight is 388 g/mol. The van der Waals surface area contributed by atoms with Gasteiger partial charge in [0.15, 0.2) is 5.16 Å². The molecular weight excluding hydrogens is 372 g/mol. The zero-order valence-corrected chi connectivity index (χ0v) is 15.4. The van der Waals surface area contributed by atoms with Gasteiger partial charge in [-0.3, -0.25) is 9.78 Å². The molecule has 3 aromatic rings. The zero-order valence-electron chi connectivity index (χ0n) is 13.8. The van der Waals surface area contributed by atoms with Crippen molar-refractivity contribution in [1.29, 1.82) is 0 Å². The second-order valence-corrected chi connectivity index (χ2v) is 7.23. The minimum Gasteiger partial charge on any atom is -0.497 e. The number of hydrogen-bond acceptors (Lipinski definition) is 6. The lowest BCUT2D eigenvalue weighted by atomic mass is 10.3. The molecule has 0 aliphatic rings. The second kappa shape index (κ2) is 8.63. The smallest absolute Gasteiger partial charge is 0.341 e. The van der Waals surface area contributed by atoms with E-state index in [2.05, 4.69) is 20.5 Å². The summed E-state index contributed by atoms with van der Waals surface area (Å²) in [6.07, 6.45) is 0. The fourth-order valence-electron chi connectivity index (χ4n) is 2.04. The molecule has 3 N–H and O–H groups in total. The van der Waals surface area contributed by atoms with Crippen LogP contribution < -0.4 is 15.7 Å². The maximum absolute atomic E-state index is 11.9. The monoisotopic (exact) mass is 388 g/mol. The number of nitrogens with one attached hydrogen (secondary N) is 3. The minimum absolute atomic E-state index is 0.156. The molecule has 0 radical (unpaired) electrons. The van der Waals surface area contributed by atoms with Crippen molar-refractivity contribution < 1.29 is 9.53 Å².